The maximum absolute atomic E-state index is 7.66. The maximum Gasteiger partial charge on any atom is 0.479 e. The average molecular weight is 477 g/mol. The van der Waals surface area contributed by atoms with Gasteiger partial charge in [-0.1, -0.05) is 92.1 Å². The first-order chi connectivity index (χ1) is 16.0. The highest BCUT2D eigenvalue weighted by Gasteiger charge is 2.66. The van der Waals surface area contributed by atoms with Gasteiger partial charge in [-0.25, -0.2) is 0 Å². The van der Waals surface area contributed by atoms with Gasteiger partial charge in [0.15, 0.2) is 0 Å². The van der Waals surface area contributed by atoms with Gasteiger partial charge in [0, 0.05) is 0 Å². The van der Waals surface area contributed by atoms with Gasteiger partial charge in [-0.15, -0.1) is 0 Å². The standard InChI is InChI=1S/C29H41BO3Si/c1-23(2)29(7,24-17-11-8-12-18-24)33-34(25-19-13-9-14-20-25,26-21-15-10-16-22-26)30-31-27(3,4)28(5,6)32-30/h9-10,13-16,19-22,24H,1,8,11-12,17-18H2,2-7H3. The minimum Gasteiger partial charge on any atom is -0.404 e. The molecule has 2 aromatic rings. The number of hydrogen-bond donors (Lipinski definition) is 0. The van der Waals surface area contributed by atoms with Gasteiger partial charge in [-0.3, -0.25) is 0 Å². The fourth-order valence-corrected chi connectivity index (χ4v) is 10.0. The Morgan fingerprint density at radius 2 is 1.32 bits per heavy atom. The van der Waals surface area contributed by atoms with Crippen LogP contribution in [-0.2, 0) is 13.7 Å². The molecule has 2 aliphatic rings. The Balaban J connectivity index is 1.94. The first-order valence-electron chi connectivity index (χ1n) is 12.9. The fraction of sp³-hybridized carbons (Fsp3) is 0.517. The minimum atomic E-state index is -3.08. The van der Waals surface area contributed by atoms with E-state index in [0.29, 0.717) is 5.92 Å². The van der Waals surface area contributed by atoms with E-state index < -0.39 is 31.7 Å². The van der Waals surface area contributed by atoms with Gasteiger partial charge in [-0.05, 0) is 70.7 Å². The van der Waals surface area contributed by atoms with Crippen LogP contribution in [0.5, 0.6) is 0 Å². The van der Waals surface area contributed by atoms with E-state index in [1.807, 2.05) is 0 Å². The molecule has 0 N–H and O–H groups in total. The normalized spacial score (nSPS) is 22.4. The summed E-state index contributed by atoms with van der Waals surface area (Å²) in [7, 11) is -3.08. The third-order valence-electron chi connectivity index (χ3n) is 8.60. The summed E-state index contributed by atoms with van der Waals surface area (Å²) >= 11 is 0. The largest absolute Gasteiger partial charge is 0.479 e. The van der Waals surface area contributed by atoms with Gasteiger partial charge < -0.3 is 13.7 Å². The topological polar surface area (TPSA) is 27.7 Å². The third kappa shape index (κ3) is 4.37. The van der Waals surface area contributed by atoms with Crippen LogP contribution in [0.3, 0.4) is 0 Å². The molecule has 5 heteroatoms. The van der Waals surface area contributed by atoms with Crippen LogP contribution in [0.4, 0.5) is 0 Å². The second kappa shape index (κ2) is 9.42. The summed E-state index contributed by atoms with van der Waals surface area (Å²) < 4.78 is 21.3. The number of rotatable bonds is 7. The molecule has 0 bridgehead atoms. The van der Waals surface area contributed by atoms with Crippen molar-refractivity contribution < 1.29 is 13.7 Å². The van der Waals surface area contributed by atoms with Crippen LogP contribution < -0.4 is 10.4 Å². The zero-order valence-electron chi connectivity index (χ0n) is 21.9. The molecule has 2 aromatic carbocycles. The molecule has 3 nitrogen and oxygen atoms in total. The van der Waals surface area contributed by atoms with Crippen molar-refractivity contribution in [1.29, 1.82) is 0 Å². The maximum atomic E-state index is 7.66. The molecule has 34 heavy (non-hydrogen) atoms. The third-order valence-corrected chi connectivity index (χ3v) is 12.6. The quantitative estimate of drug-likeness (QED) is 0.371. The molecule has 0 spiro atoms. The predicted molar refractivity (Wildman–Crippen MR) is 145 cm³/mol. The highest BCUT2D eigenvalue weighted by Crippen LogP contribution is 2.44. The summed E-state index contributed by atoms with van der Waals surface area (Å²) in [5.74, 6) is 0.431. The van der Waals surface area contributed by atoms with Crippen LogP contribution in [0.25, 0.3) is 0 Å². The zero-order chi connectivity index (χ0) is 24.6. The van der Waals surface area contributed by atoms with E-state index in [9.17, 15) is 0 Å². The lowest BCUT2D eigenvalue weighted by molar-refractivity contribution is 0.00578. The van der Waals surface area contributed by atoms with Gasteiger partial charge in [0.2, 0.25) is 0 Å². The second-order valence-corrected chi connectivity index (χ2v) is 14.7. The Labute approximate surface area is 208 Å². The molecule has 0 aromatic heterocycles. The first-order valence-corrected chi connectivity index (χ1v) is 14.8. The highest BCUT2D eigenvalue weighted by molar-refractivity contribution is 7.37. The Morgan fingerprint density at radius 1 is 0.882 bits per heavy atom. The summed E-state index contributed by atoms with van der Waals surface area (Å²) in [5.41, 5.74) is -0.289. The lowest BCUT2D eigenvalue weighted by atomic mass is 9.75. The molecular weight excluding hydrogens is 435 g/mol. The van der Waals surface area contributed by atoms with E-state index in [2.05, 4.69) is 109 Å². The molecule has 182 valence electrons. The summed E-state index contributed by atoms with van der Waals surface area (Å²) in [6, 6.07) is 21.3. The van der Waals surface area contributed by atoms with Crippen molar-refractivity contribution in [2.45, 2.75) is 90.4 Å². The molecule has 1 saturated carbocycles. The Bertz CT molecular complexity index is 929. The summed E-state index contributed by atoms with van der Waals surface area (Å²) in [6.45, 7) is 16.9. The van der Waals surface area contributed by atoms with Crippen molar-refractivity contribution in [2.75, 3.05) is 0 Å². The fourth-order valence-electron chi connectivity index (χ4n) is 5.49. The van der Waals surface area contributed by atoms with Crippen molar-refractivity contribution in [2.24, 2.45) is 5.92 Å². The Hall–Kier alpha value is -1.66. The molecule has 4 rings (SSSR count). The van der Waals surface area contributed by atoms with Crippen LogP contribution in [0, 0.1) is 5.92 Å². The monoisotopic (exact) mass is 476 g/mol. The van der Waals surface area contributed by atoms with Gasteiger partial charge >= 0.3 is 6.71 Å². The van der Waals surface area contributed by atoms with Gasteiger partial charge in [0.05, 0.1) is 16.8 Å². The van der Waals surface area contributed by atoms with Crippen molar-refractivity contribution in [3.8, 4) is 0 Å². The van der Waals surface area contributed by atoms with Gasteiger partial charge in [0.1, 0.15) is 0 Å². The molecule has 1 saturated heterocycles. The molecule has 1 aliphatic heterocycles. The van der Waals surface area contributed by atoms with Crippen molar-refractivity contribution in [3.05, 3.63) is 72.8 Å². The average Bonchev–Trinajstić information content (AvgIpc) is 3.05. The molecule has 1 unspecified atom stereocenters. The summed E-state index contributed by atoms with van der Waals surface area (Å²) in [4.78, 5) is 0. The molecule has 0 radical (unpaired) electrons. The van der Waals surface area contributed by atoms with Crippen LogP contribution in [0.2, 0.25) is 0 Å². The van der Waals surface area contributed by atoms with Crippen LogP contribution in [0.1, 0.15) is 73.6 Å². The SMILES string of the molecule is C=C(C)C(C)(O[Si](B1OC(C)(C)C(C)(C)O1)(c1ccccc1)c1ccccc1)C1CCCCC1. The molecule has 1 heterocycles. The van der Waals surface area contributed by atoms with Crippen LogP contribution in [-0.4, -0.2) is 31.7 Å². The molecule has 1 atom stereocenters. The van der Waals surface area contributed by atoms with E-state index in [0.717, 1.165) is 5.57 Å². The van der Waals surface area contributed by atoms with E-state index in [1.165, 1.54) is 42.5 Å². The smallest absolute Gasteiger partial charge is 0.404 e. The molecular formula is C29H41BO3Si. The first kappa shape index (κ1) is 25.4. The van der Waals surface area contributed by atoms with E-state index in [1.54, 1.807) is 0 Å². The molecule has 2 fully saturated rings. The van der Waals surface area contributed by atoms with Gasteiger partial charge in [0.25, 0.3) is 8.19 Å². The Morgan fingerprint density at radius 3 is 1.74 bits per heavy atom. The highest BCUT2D eigenvalue weighted by atomic mass is 28.3. The van der Waals surface area contributed by atoms with Crippen molar-refractivity contribution in [1.82, 2.24) is 0 Å². The minimum absolute atomic E-state index is 0.431. The van der Waals surface area contributed by atoms with Gasteiger partial charge in [-0.2, -0.15) is 0 Å². The van der Waals surface area contributed by atoms with Crippen molar-refractivity contribution in [3.63, 3.8) is 0 Å². The number of benzene rings is 2. The van der Waals surface area contributed by atoms with E-state index in [-0.39, 0.29) is 0 Å². The van der Waals surface area contributed by atoms with Crippen molar-refractivity contribution >= 4 is 25.3 Å². The predicted octanol–water partition coefficient (Wildman–Crippen LogP) is 5.85. The van der Waals surface area contributed by atoms with E-state index >= 15 is 0 Å². The Kier molecular flexibility index (Phi) is 7.05. The van der Waals surface area contributed by atoms with E-state index in [4.69, 9.17) is 13.7 Å². The molecule has 0 amide bonds. The molecule has 1 aliphatic carbocycles. The zero-order valence-corrected chi connectivity index (χ0v) is 22.9. The second-order valence-electron chi connectivity index (χ2n) is 11.4. The summed E-state index contributed by atoms with van der Waals surface area (Å²) in [5, 5.41) is 2.34. The summed E-state index contributed by atoms with van der Waals surface area (Å²) in [6.07, 6.45) is 6.14. The van der Waals surface area contributed by atoms with Crippen LogP contribution in [0.15, 0.2) is 72.8 Å². The lowest BCUT2D eigenvalue weighted by Gasteiger charge is -2.48. The number of hydrogen-bond acceptors (Lipinski definition) is 3. The lowest BCUT2D eigenvalue weighted by Crippen LogP contribution is -2.75. The van der Waals surface area contributed by atoms with Crippen LogP contribution >= 0.6 is 0 Å².